The van der Waals surface area contributed by atoms with E-state index < -0.39 is 17.4 Å². The van der Waals surface area contributed by atoms with Gasteiger partial charge in [-0.1, -0.05) is 18.2 Å². The van der Waals surface area contributed by atoms with E-state index in [0.29, 0.717) is 36.3 Å². The van der Waals surface area contributed by atoms with Crippen LogP contribution in [0, 0.1) is 45.7 Å². The van der Waals surface area contributed by atoms with Gasteiger partial charge in [-0.2, -0.15) is 15.8 Å². The van der Waals surface area contributed by atoms with Gasteiger partial charge in [0.2, 0.25) is 0 Å². The number of likely N-dealkylation sites (tertiary alicyclic amines) is 1. The van der Waals surface area contributed by atoms with Crippen molar-refractivity contribution >= 4 is 0 Å². The molecule has 3 aromatic carbocycles. The molecule has 1 saturated heterocycles. The van der Waals surface area contributed by atoms with Crippen LogP contribution in [0.3, 0.4) is 0 Å². The fourth-order valence-corrected chi connectivity index (χ4v) is 5.08. The highest BCUT2D eigenvalue weighted by atomic mass is 19.1. The Morgan fingerprint density at radius 2 is 1.60 bits per heavy atom. The highest BCUT2D eigenvalue weighted by Gasteiger charge is 2.43. The zero-order valence-corrected chi connectivity index (χ0v) is 19.6. The van der Waals surface area contributed by atoms with Crippen molar-refractivity contribution in [3.63, 3.8) is 0 Å². The first kappa shape index (κ1) is 24.1. The molecule has 35 heavy (non-hydrogen) atoms. The standard InChI is InChI=1S/C29H24F2N4/c1-29(2,31)28(24-9-21(15-34)10-26(30)12-24)25-17-35(18-25)16-23-7-6-20(14-33)11-27(23)22-5-3-4-19(8-22)13-32/h3-12,25,28H,16-18H2,1-2H3/t28-/m1/s1. The van der Waals surface area contributed by atoms with Gasteiger partial charge in [-0.15, -0.1) is 0 Å². The summed E-state index contributed by atoms with van der Waals surface area (Å²) >= 11 is 0. The summed E-state index contributed by atoms with van der Waals surface area (Å²) in [7, 11) is 0. The number of benzene rings is 3. The predicted octanol–water partition coefficient (Wildman–Crippen LogP) is 6.07. The van der Waals surface area contributed by atoms with Gasteiger partial charge in [-0.3, -0.25) is 4.90 Å². The van der Waals surface area contributed by atoms with Crippen LogP contribution in [-0.4, -0.2) is 23.7 Å². The molecule has 0 aliphatic carbocycles. The summed E-state index contributed by atoms with van der Waals surface area (Å²) in [4.78, 5) is 2.19. The van der Waals surface area contributed by atoms with Gasteiger partial charge in [0.15, 0.2) is 0 Å². The molecule has 0 amide bonds. The van der Waals surface area contributed by atoms with Crippen LogP contribution < -0.4 is 0 Å². The molecule has 0 radical (unpaired) electrons. The quantitative estimate of drug-likeness (QED) is 0.442. The lowest BCUT2D eigenvalue weighted by atomic mass is 9.72. The smallest absolute Gasteiger partial charge is 0.124 e. The third-order valence-electron chi connectivity index (χ3n) is 6.54. The number of hydrogen-bond acceptors (Lipinski definition) is 4. The molecule has 0 spiro atoms. The van der Waals surface area contributed by atoms with Crippen LogP contribution in [0.4, 0.5) is 8.78 Å². The Bertz CT molecular complexity index is 1380. The van der Waals surface area contributed by atoms with Gasteiger partial charge in [0.25, 0.3) is 0 Å². The Kier molecular flexibility index (Phi) is 6.65. The van der Waals surface area contributed by atoms with E-state index >= 15 is 4.39 Å². The highest BCUT2D eigenvalue weighted by Crippen LogP contribution is 2.43. The van der Waals surface area contributed by atoms with Gasteiger partial charge in [-0.05, 0) is 84.5 Å². The number of hydrogen-bond donors (Lipinski definition) is 0. The molecule has 6 heteroatoms. The minimum atomic E-state index is -1.59. The van der Waals surface area contributed by atoms with E-state index in [1.807, 2.05) is 30.3 Å². The molecule has 0 unspecified atom stereocenters. The first-order valence-corrected chi connectivity index (χ1v) is 11.4. The van der Waals surface area contributed by atoms with Gasteiger partial charge in [0, 0.05) is 25.6 Å². The Morgan fingerprint density at radius 1 is 0.914 bits per heavy atom. The molecule has 0 bridgehead atoms. The molecule has 0 aromatic heterocycles. The number of halogens is 2. The molecule has 1 aliphatic rings. The maximum absolute atomic E-state index is 15.3. The fourth-order valence-electron chi connectivity index (χ4n) is 5.08. The van der Waals surface area contributed by atoms with E-state index in [0.717, 1.165) is 22.8 Å². The van der Waals surface area contributed by atoms with E-state index in [9.17, 15) is 20.2 Å². The summed E-state index contributed by atoms with van der Waals surface area (Å²) in [5, 5.41) is 27.9. The molecule has 1 heterocycles. The van der Waals surface area contributed by atoms with Crippen LogP contribution in [-0.2, 0) is 6.54 Å². The summed E-state index contributed by atoms with van der Waals surface area (Å²) in [6, 6.07) is 23.1. The number of nitrogens with zero attached hydrogens (tertiary/aromatic N) is 4. The van der Waals surface area contributed by atoms with Gasteiger partial charge >= 0.3 is 0 Å². The summed E-state index contributed by atoms with van der Waals surface area (Å²) in [5.41, 5.74) is 2.93. The third kappa shape index (κ3) is 5.22. The Hall–Kier alpha value is -4.05. The Morgan fingerprint density at radius 3 is 2.26 bits per heavy atom. The first-order chi connectivity index (χ1) is 16.7. The van der Waals surface area contributed by atoms with Crippen molar-refractivity contribution in [2.45, 2.75) is 32.0 Å². The second-order valence-corrected chi connectivity index (χ2v) is 9.56. The summed E-state index contributed by atoms with van der Waals surface area (Å²) < 4.78 is 29.4. The summed E-state index contributed by atoms with van der Waals surface area (Å²) in [5.74, 6) is -1.12. The van der Waals surface area contributed by atoms with E-state index in [1.165, 1.54) is 19.9 Å². The molecule has 4 rings (SSSR count). The molecular formula is C29H24F2N4. The average molecular weight is 467 g/mol. The SMILES string of the molecule is CC(C)(F)[C@H](c1cc(F)cc(C#N)c1)C1CN(Cc2ccc(C#N)cc2-c2cccc(C#N)c2)C1. The largest absolute Gasteiger partial charge is 0.298 e. The van der Waals surface area contributed by atoms with Crippen LogP contribution in [0.15, 0.2) is 60.7 Å². The first-order valence-electron chi connectivity index (χ1n) is 11.4. The number of rotatable bonds is 6. The maximum Gasteiger partial charge on any atom is 0.124 e. The van der Waals surface area contributed by atoms with Gasteiger partial charge < -0.3 is 0 Å². The van der Waals surface area contributed by atoms with E-state index in [1.54, 1.807) is 24.3 Å². The number of nitriles is 3. The van der Waals surface area contributed by atoms with Crippen molar-refractivity contribution < 1.29 is 8.78 Å². The zero-order valence-electron chi connectivity index (χ0n) is 19.6. The summed E-state index contributed by atoms with van der Waals surface area (Å²) in [6.07, 6.45) is 0. The predicted molar refractivity (Wildman–Crippen MR) is 129 cm³/mol. The van der Waals surface area contributed by atoms with Gasteiger partial charge in [0.1, 0.15) is 11.5 Å². The molecule has 0 N–H and O–H groups in total. The topological polar surface area (TPSA) is 74.6 Å². The molecule has 1 aliphatic heterocycles. The van der Waals surface area contributed by atoms with Crippen LogP contribution in [0.1, 0.15) is 47.6 Å². The average Bonchev–Trinajstić information content (AvgIpc) is 2.81. The lowest BCUT2D eigenvalue weighted by Crippen LogP contribution is -2.52. The second kappa shape index (κ2) is 9.67. The van der Waals surface area contributed by atoms with Crippen LogP contribution in [0.5, 0.6) is 0 Å². The zero-order chi connectivity index (χ0) is 25.2. The van der Waals surface area contributed by atoms with Crippen molar-refractivity contribution in [3.8, 4) is 29.3 Å². The molecule has 1 fully saturated rings. The molecule has 1 atom stereocenters. The summed E-state index contributed by atoms with van der Waals surface area (Å²) in [6.45, 7) is 4.83. The molecule has 174 valence electrons. The maximum atomic E-state index is 15.3. The molecule has 4 nitrogen and oxygen atoms in total. The van der Waals surface area contributed by atoms with E-state index in [2.05, 4.69) is 17.0 Å². The fraction of sp³-hybridized carbons (Fsp3) is 0.276. The Labute approximate surface area is 204 Å². The van der Waals surface area contributed by atoms with Crippen LogP contribution in [0.25, 0.3) is 11.1 Å². The van der Waals surface area contributed by atoms with E-state index in [-0.39, 0.29) is 11.5 Å². The lowest BCUT2D eigenvalue weighted by Gasteiger charge is -2.47. The normalized spacial score (nSPS) is 14.9. The van der Waals surface area contributed by atoms with Crippen LogP contribution >= 0.6 is 0 Å². The monoisotopic (exact) mass is 466 g/mol. The third-order valence-corrected chi connectivity index (χ3v) is 6.54. The minimum Gasteiger partial charge on any atom is -0.298 e. The Balaban J connectivity index is 1.57. The van der Waals surface area contributed by atoms with Crippen LogP contribution in [0.2, 0.25) is 0 Å². The molecular weight excluding hydrogens is 442 g/mol. The van der Waals surface area contributed by atoms with Crippen molar-refractivity contribution in [1.82, 2.24) is 4.90 Å². The van der Waals surface area contributed by atoms with Gasteiger partial charge in [-0.25, -0.2) is 8.78 Å². The lowest BCUT2D eigenvalue weighted by molar-refractivity contribution is 0.0213. The van der Waals surface area contributed by atoms with Crippen molar-refractivity contribution in [2.75, 3.05) is 13.1 Å². The van der Waals surface area contributed by atoms with Crippen molar-refractivity contribution in [3.05, 3.63) is 94.3 Å². The molecule has 0 saturated carbocycles. The van der Waals surface area contributed by atoms with Crippen molar-refractivity contribution in [1.29, 1.82) is 15.8 Å². The van der Waals surface area contributed by atoms with Crippen molar-refractivity contribution in [2.24, 2.45) is 5.92 Å². The minimum absolute atomic E-state index is 0.0351. The van der Waals surface area contributed by atoms with E-state index in [4.69, 9.17) is 0 Å². The highest BCUT2D eigenvalue weighted by molar-refractivity contribution is 5.70. The van der Waals surface area contributed by atoms with Gasteiger partial charge in [0.05, 0.1) is 34.9 Å². The number of alkyl halides is 1. The second-order valence-electron chi connectivity index (χ2n) is 9.56. The molecule has 3 aromatic rings.